The molecular formula is C74H79N13O17P2Si. The minimum atomic E-state index is -5.05. The zero-order chi connectivity index (χ0) is 75.5. The lowest BCUT2D eigenvalue weighted by atomic mass is 10.1. The fraction of sp³-hybridized carbons (Fsp3) is 0.351. The molecule has 3 saturated heterocycles. The lowest BCUT2D eigenvalue weighted by Gasteiger charge is -2.45. The van der Waals surface area contributed by atoms with E-state index in [0.29, 0.717) is 39.9 Å². The van der Waals surface area contributed by atoms with Crippen molar-refractivity contribution in [1.29, 1.82) is 0 Å². The average Bonchev–Trinajstić information content (AvgIpc) is 1.46. The van der Waals surface area contributed by atoms with Crippen molar-refractivity contribution in [2.45, 2.75) is 128 Å². The van der Waals surface area contributed by atoms with E-state index in [9.17, 15) is 24.0 Å². The zero-order valence-electron chi connectivity index (χ0n) is 59.3. The third-order valence-electron chi connectivity index (χ3n) is 18.3. The number of aromatic nitrogens is 8. The highest BCUT2D eigenvalue weighted by atomic mass is 31.2. The van der Waals surface area contributed by atoms with Gasteiger partial charge in [0.15, 0.2) is 17.0 Å². The van der Waals surface area contributed by atoms with E-state index in [2.05, 4.69) is 71.3 Å². The van der Waals surface area contributed by atoms with Crippen molar-refractivity contribution in [2.75, 3.05) is 55.5 Å². The van der Waals surface area contributed by atoms with Gasteiger partial charge in [-0.2, -0.15) is 9.97 Å². The molecule has 3 aliphatic rings. The fourth-order valence-corrected chi connectivity index (χ4v) is 20.5. The van der Waals surface area contributed by atoms with Crippen LogP contribution in [0, 0.1) is 27.0 Å². The van der Waals surface area contributed by atoms with Crippen LogP contribution in [-0.2, 0) is 54.9 Å². The maximum Gasteiger partial charge on any atom is 0.475 e. The Morgan fingerprint density at radius 2 is 0.935 bits per heavy atom. The lowest BCUT2D eigenvalue weighted by Crippen LogP contribution is -2.68. The predicted octanol–water partition coefficient (Wildman–Crippen LogP) is 10.8. The van der Waals surface area contributed by atoms with E-state index >= 15 is 9.13 Å². The van der Waals surface area contributed by atoms with Crippen molar-refractivity contribution in [2.24, 2.45) is 0 Å². The lowest BCUT2D eigenvalue weighted by molar-refractivity contribution is -0.0617. The van der Waals surface area contributed by atoms with E-state index in [1.807, 2.05) is 67.6 Å². The van der Waals surface area contributed by atoms with Gasteiger partial charge in [0, 0.05) is 59.5 Å². The summed E-state index contributed by atoms with van der Waals surface area (Å²) >= 11 is 0. The summed E-state index contributed by atoms with van der Waals surface area (Å²) in [5.74, 6) is -1.31. The minimum Gasteiger partial charge on any atom is -0.402 e. The Morgan fingerprint density at radius 3 is 1.36 bits per heavy atom. The quantitative estimate of drug-likeness (QED) is 0.0163. The van der Waals surface area contributed by atoms with Crippen molar-refractivity contribution in [1.82, 2.24) is 38.6 Å². The maximum absolute atomic E-state index is 15.9. The Hall–Kier alpha value is -9.92. The molecule has 0 bridgehead atoms. The van der Waals surface area contributed by atoms with Gasteiger partial charge in [0.2, 0.25) is 13.1 Å². The third kappa shape index (κ3) is 17.7. The molecule has 0 spiro atoms. The van der Waals surface area contributed by atoms with Crippen LogP contribution >= 0.6 is 15.6 Å². The van der Waals surface area contributed by atoms with Crippen LogP contribution in [0.3, 0.4) is 0 Å². The van der Waals surface area contributed by atoms with Gasteiger partial charge >= 0.3 is 27.0 Å². The van der Waals surface area contributed by atoms with Crippen LogP contribution in [0.5, 0.6) is 0 Å². The summed E-state index contributed by atoms with van der Waals surface area (Å²) in [5, 5.41) is 9.45. The molecule has 0 aliphatic carbocycles. The first kappa shape index (κ1) is 76.7. The van der Waals surface area contributed by atoms with Crippen molar-refractivity contribution >= 4 is 80.7 Å². The van der Waals surface area contributed by atoms with E-state index in [1.165, 1.54) is 29.6 Å². The van der Waals surface area contributed by atoms with Gasteiger partial charge in [0.1, 0.15) is 68.2 Å². The highest BCUT2D eigenvalue weighted by molar-refractivity contribution is 7.48. The number of fused-ring (bicyclic) bond motifs is 1. The standard InChI is InChI=1S/C74H79N13O17P2Si/c1-9-55-56(39-63(99-55)87-47-79-64-67(77-46-78-68(64)87)82-71(90)52-29-19-12-20-30-52)102-105(93,95-37-35-75-7)97-44-59-57(40-61(100-59)85-42-48(2)65(83-72(85)91)80-69(88)50-25-15-10-16-26-50)103-106(94,96-38-36-76-8)98-45-60-58(104-107(74(4,5)6,53-31-21-13-22-32-53)54-33-23-14-24-34-54)41-62(101-60)86-43-49(3)66(84-73(86)92)81-70(89)51-27-17-11-18-28-51/h10-34,42-43,46-47,55-63H,9,35-41,44-45H2,1-6H3,(H,77,78,82,90)(H,80,83,88,91)(H,81,84,89,92)/t55-,56-,57-,58-,59-,60-,61-,62-,63-,105?,106?/m1/s1. The summed E-state index contributed by atoms with van der Waals surface area (Å²) in [6.45, 7) is 23.8. The van der Waals surface area contributed by atoms with Gasteiger partial charge in [-0.1, -0.05) is 143 Å². The number of nitrogens with one attached hydrogen (secondary N) is 3. The number of ether oxygens (including phenoxy) is 3. The van der Waals surface area contributed by atoms with Crippen molar-refractivity contribution < 1.29 is 69.3 Å². The van der Waals surface area contributed by atoms with Gasteiger partial charge in [-0.3, -0.25) is 55.2 Å². The number of carbonyl (C=O) groups is 3. The number of imidazole rings is 1. The number of aryl methyl sites for hydroxylation is 2. The van der Waals surface area contributed by atoms with Gasteiger partial charge in [-0.25, -0.2) is 46.8 Å². The van der Waals surface area contributed by atoms with Crippen LogP contribution in [-0.4, -0.2) is 141 Å². The smallest absolute Gasteiger partial charge is 0.402 e. The normalized spacial score (nSPS) is 21.2. The molecule has 3 aliphatic heterocycles. The first-order chi connectivity index (χ1) is 51.6. The highest BCUT2D eigenvalue weighted by Crippen LogP contribution is 2.57. The SMILES string of the molecule is [C-]#[N+]CCOP(=O)(OC[C@H]1O[C@@H](n2cc(C)c(NC(=O)c3ccccc3)nc2=O)C[C@H]1O[Si](c1ccccc1)(c1ccccc1)C(C)(C)C)O[C@@H]1C[C@H](n2cc(C)c(NC(=O)c3ccccc3)nc2=O)O[C@@H]1COP(=O)(OCC[N+]#[C-])O[C@@H]1C[C@H](n2cnc3c(NC(=O)c4ccccc4)ncnc32)O[C@@H]1CC. The molecule has 30 nitrogen and oxygen atoms in total. The van der Waals surface area contributed by atoms with Crippen LogP contribution in [0.25, 0.3) is 20.9 Å². The summed E-state index contributed by atoms with van der Waals surface area (Å²) in [5.41, 5.74) is 0.687. The number of phosphoric ester groups is 2. The molecule has 3 fully saturated rings. The topological polar surface area (TPSA) is 336 Å². The zero-order valence-corrected chi connectivity index (χ0v) is 62.1. The largest absolute Gasteiger partial charge is 0.475 e. The molecule has 3 amide bonds. The fourth-order valence-electron chi connectivity index (χ4n) is 13.1. The Balaban J connectivity index is 0.856. The molecule has 7 heterocycles. The molecule has 9 aromatic rings. The second-order valence-corrected chi connectivity index (χ2v) is 34.0. The monoisotopic (exact) mass is 1510 g/mol. The molecule has 12 rings (SSSR count). The highest BCUT2D eigenvalue weighted by Gasteiger charge is 2.55. The summed E-state index contributed by atoms with van der Waals surface area (Å²) in [6.07, 6.45) is -4.43. The van der Waals surface area contributed by atoms with Crippen molar-refractivity contribution in [3.8, 4) is 0 Å². The minimum absolute atomic E-state index is 0.00686. The Kier molecular flexibility index (Phi) is 24.3. The first-order valence-corrected chi connectivity index (χ1v) is 39.4. The summed E-state index contributed by atoms with van der Waals surface area (Å²) in [6, 6.07) is 44.9. The van der Waals surface area contributed by atoms with Gasteiger partial charge in [0.05, 0.1) is 37.9 Å². The third-order valence-corrected chi connectivity index (χ3v) is 26.3. The number of anilines is 3. The molecule has 0 saturated carbocycles. The molecule has 2 unspecified atom stereocenters. The van der Waals surface area contributed by atoms with Crippen molar-refractivity contribution in [3.63, 3.8) is 0 Å². The number of hydrogen-bond acceptors (Lipinski definition) is 22. The molecule has 3 N–H and O–H groups in total. The Bertz CT molecular complexity index is 4920. The summed E-state index contributed by atoms with van der Waals surface area (Å²) in [7, 11) is -13.4. The number of rotatable bonds is 30. The first-order valence-electron chi connectivity index (χ1n) is 34.6. The second kappa shape index (κ2) is 33.9. The number of phosphoric acid groups is 2. The molecule has 556 valence electrons. The van der Waals surface area contributed by atoms with Gasteiger partial charge < -0.3 is 44.3 Å². The van der Waals surface area contributed by atoms with Crippen LogP contribution < -0.4 is 37.7 Å². The molecule has 4 aromatic heterocycles. The van der Waals surface area contributed by atoms with E-state index in [-0.39, 0.29) is 55.3 Å². The average molecular weight is 1510 g/mol. The van der Waals surface area contributed by atoms with E-state index in [0.717, 1.165) is 14.9 Å². The van der Waals surface area contributed by atoms with Crippen LogP contribution in [0.4, 0.5) is 17.5 Å². The van der Waals surface area contributed by atoms with E-state index < -0.39 is 140 Å². The Morgan fingerprint density at radius 1 is 0.542 bits per heavy atom. The van der Waals surface area contributed by atoms with E-state index in [4.69, 9.17) is 58.9 Å². The van der Waals surface area contributed by atoms with E-state index in [1.54, 1.807) is 109 Å². The summed E-state index contributed by atoms with van der Waals surface area (Å²) < 4.78 is 100. The number of hydrogen-bond donors (Lipinski definition) is 3. The Labute approximate surface area is 617 Å². The van der Waals surface area contributed by atoms with Crippen LogP contribution in [0.2, 0.25) is 5.04 Å². The number of nitrogens with zero attached hydrogens (tertiary/aromatic N) is 10. The summed E-state index contributed by atoms with van der Waals surface area (Å²) in [4.78, 5) is 97.2. The number of amides is 3. The van der Waals surface area contributed by atoms with Gasteiger partial charge in [0.25, 0.3) is 26.0 Å². The van der Waals surface area contributed by atoms with Gasteiger partial charge in [-0.15, -0.1) is 0 Å². The second-order valence-electron chi connectivity index (χ2n) is 26.5. The molecule has 11 atom stereocenters. The number of benzene rings is 5. The predicted molar refractivity (Wildman–Crippen MR) is 395 cm³/mol. The van der Waals surface area contributed by atoms with Crippen molar-refractivity contribution in [3.05, 3.63) is 248 Å². The van der Waals surface area contributed by atoms with Crippen LogP contribution in [0.15, 0.2) is 186 Å². The number of carbonyl (C=O) groups excluding carboxylic acids is 3. The molecule has 107 heavy (non-hydrogen) atoms. The van der Waals surface area contributed by atoms with Gasteiger partial charge in [-0.05, 0) is 72.1 Å². The van der Waals surface area contributed by atoms with Crippen LogP contribution in [0.1, 0.15) is 114 Å². The molecule has 5 aromatic carbocycles. The maximum atomic E-state index is 15.9. The molecule has 0 radical (unpaired) electrons. The molecular weight excluding hydrogens is 1430 g/mol. The molecule has 33 heteroatoms.